The van der Waals surface area contributed by atoms with Gasteiger partial charge in [0.2, 0.25) is 0 Å². The fourth-order valence-corrected chi connectivity index (χ4v) is 3.42. The van der Waals surface area contributed by atoms with E-state index < -0.39 is 0 Å². The lowest BCUT2D eigenvalue weighted by molar-refractivity contribution is 0.0909. The van der Waals surface area contributed by atoms with E-state index >= 15 is 0 Å². The standard InChI is InChI=1S/C23H23NO5/c1-5-27-19-8-6-7-15-11-20(29-22(15)19)14(3)24-23(25)21-13(2)17-12-16(26-4)9-10-18(17)28-21/h6-12,14H,5H2,1-4H3,(H,24,25). The SMILES string of the molecule is CCOc1cccc2cc(C(C)NC(=O)c3oc4ccc(OC)cc4c3C)oc12. The molecule has 0 aliphatic carbocycles. The highest BCUT2D eigenvalue weighted by Gasteiger charge is 2.22. The largest absolute Gasteiger partial charge is 0.497 e. The van der Waals surface area contributed by atoms with Gasteiger partial charge in [0.1, 0.15) is 17.1 Å². The molecule has 0 bridgehead atoms. The highest BCUT2D eigenvalue weighted by Crippen LogP contribution is 2.32. The third kappa shape index (κ3) is 3.42. The van der Waals surface area contributed by atoms with Crippen LogP contribution < -0.4 is 14.8 Å². The first-order valence-corrected chi connectivity index (χ1v) is 9.55. The Bertz CT molecular complexity index is 1190. The molecule has 6 nitrogen and oxygen atoms in total. The number of benzene rings is 2. The molecule has 0 saturated carbocycles. The smallest absolute Gasteiger partial charge is 0.287 e. The molecule has 29 heavy (non-hydrogen) atoms. The van der Waals surface area contributed by atoms with Gasteiger partial charge in [-0.2, -0.15) is 0 Å². The molecule has 1 amide bonds. The summed E-state index contributed by atoms with van der Waals surface area (Å²) in [5.74, 6) is 2.05. The zero-order chi connectivity index (χ0) is 20.5. The molecular formula is C23H23NO5. The molecule has 6 heteroatoms. The Morgan fingerprint density at radius 1 is 1.17 bits per heavy atom. The lowest BCUT2D eigenvalue weighted by Crippen LogP contribution is -2.26. The van der Waals surface area contributed by atoms with E-state index in [1.807, 2.05) is 51.1 Å². The Labute approximate surface area is 168 Å². The van der Waals surface area contributed by atoms with Crippen molar-refractivity contribution in [3.8, 4) is 11.5 Å². The molecule has 0 saturated heterocycles. The summed E-state index contributed by atoms with van der Waals surface area (Å²) in [7, 11) is 1.61. The van der Waals surface area contributed by atoms with Crippen LogP contribution in [0.15, 0.2) is 51.3 Å². The van der Waals surface area contributed by atoms with E-state index in [-0.39, 0.29) is 17.7 Å². The number of hydrogen-bond donors (Lipinski definition) is 1. The van der Waals surface area contributed by atoms with Crippen molar-refractivity contribution in [2.24, 2.45) is 0 Å². The summed E-state index contributed by atoms with van der Waals surface area (Å²) in [6, 6.07) is 12.8. The summed E-state index contributed by atoms with van der Waals surface area (Å²) >= 11 is 0. The molecular weight excluding hydrogens is 370 g/mol. The van der Waals surface area contributed by atoms with Crippen LogP contribution in [-0.2, 0) is 0 Å². The lowest BCUT2D eigenvalue weighted by Gasteiger charge is -2.10. The minimum atomic E-state index is -0.341. The van der Waals surface area contributed by atoms with E-state index in [0.717, 1.165) is 16.3 Å². The highest BCUT2D eigenvalue weighted by molar-refractivity contribution is 5.99. The molecule has 0 spiro atoms. The number of hydrogen-bond acceptors (Lipinski definition) is 5. The molecule has 2 aromatic heterocycles. The maximum atomic E-state index is 12.9. The molecule has 4 rings (SSSR count). The quantitative estimate of drug-likeness (QED) is 0.476. The van der Waals surface area contributed by atoms with Gasteiger partial charge in [-0.05, 0) is 51.1 Å². The maximum absolute atomic E-state index is 12.9. The van der Waals surface area contributed by atoms with E-state index in [9.17, 15) is 4.79 Å². The molecule has 1 atom stereocenters. The van der Waals surface area contributed by atoms with E-state index in [1.54, 1.807) is 19.2 Å². The van der Waals surface area contributed by atoms with Crippen LogP contribution in [0.3, 0.4) is 0 Å². The Hall–Kier alpha value is -3.41. The minimum Gasteiger partial charge on any atom is -0.497 e. The Morgan fingerprint density at radius 2 is 2.00 bits per heavy atom. The normalized spacial score (nSPS) is 12.3. The number of rotatable bonds is 6. The first kappa shape index (κ1) is 18.9. The van der Waals surface area contributed by atoms with Crippen molar-refractivity contribution in [1.82, 2.24) is 5.32 Å². The highest BCUT2D eigenvalue weighted by atomic mass is 16.5. The van der Waals surface area contributed by atoms with Crippen molar-refractivity contribution in [3.63, 3.8) is 0 Å². The van der Waals surface area contributed by atoms with Crippen molar-refractivity contribution in [2.45, 2.75) is 26.8 Å². The average molecular weight is 393 g/mol. The number of carbonyl (C=O) groups excluding carboxylic acids is 1. The lowest BCUT2D eigenvalue weighted by atomic mass is 10.1. The number of nitrogens with one attached hydrogen (secondary N) is 1. The van der Waals surface area contributed by atoms with Crippen molar-refractivity contribution in [3.05, 3.63) is 59.5 Å². The van der Waals surface area contributed by atoms with Gasteiger partial charge in [0.05, 0.1) is 19.8 Å². The van der Waals surface area contributed by atoms with Crippen LogP contribution in [-0.4, -0.2) is 19.6 Å². The van der Waals surface area contributed by atoms with Crippen LogP contribution in [0.1, 0.15) is 41.8 Å². The summed E-state index contributed by atoms with van der Waals surface area (Å²) in [6.07, 6.45) is 0. The van der Waals surface area contributed by atoms with Crippen LogP contribution in [0.25, 0.3) is 21.9 Å². The van der Waals surface area contributed by atoms with Gasteiger partial charge in [-0.3, -0.25) is 4.79 Å². The first-order valence-electron chi connectivity index (χ1n) is 9.55. The summed E-state index contributed by atoms with van der Waals surface area (Å²) in [6.45, 7) is 6.21. The zero-order valence-electron chi connectivity index (χ0n) is 16.9. The molecule has 0 radical (unpaired) electrons. The number of amides is 1. The molecule has 0 fully saturated rings. The van der Waals surface area contributed by atoms with Gasteiger partial charge >= 0.3 is 0 Å². The predicted octanol–water partition coefficient (Wildman–Crippen LogP) is 5.39. The number of carbonyl (C=O) groups is 1. The van der Waals surface area contributed by atoms with Gasteiger partial charge in [0.25, 0.3) is 5.91 Å². The molecule has 2 aromatic carbocycles. The summed E-state index contributed by atoms with van der Waals surface area (Å²) in [4.78, 5) is 12.9. The molecule has 1 N–H and O–H groups in total. The Balaban J connectivity index is 1.60. The number of fused-ring (bicyclic) bond motifs is 2. The van der Waals surface area contributed by atoms with Crippen LogP contribution in [0.4, 0.5) is 0 Å². The first-order chi connectivity index (χ1) is 14.0. The number of para-hydroxylation sites is 1. The van der Waals surface area contributed by atoms with Gasteiger partial charge in [-0.1, -0.05) is 12.1 Å². The molecule has 150 valence electrons. The van der Waals surface area contributed by atoms with E-state index in [2.05, 4.69) is 5.32 Å². The zero-order valence-corrected chi connectivity index (χ0v) is 16.9. The molecule has 0 aliphatic rings. The monoisotopic (exact) mass is 393 g/mol. The van der Waals surface area contributed by atoms with Gasteiger partial charge in [-0.15, -0.1) is 0 Å². The van der Waals surface area contributed by atoms with Crippen molar-refractivity contribution in [2.75, 3.05) is 13.7 Å². The second kappa shape index (κ2) is 7.54. The maximum Gasteiger partial charge on any atom is 0.287 e. The van der Waals surface area contributed by atoms with Crippen molar-refractivity contribution < 1.29 is 23.1 Å². The van der Waals surface area contributed by atoms with Crippen molar-refractivity contribution >= 4 is 27.8 Å². The Kier molecular flexibility index (Phi) is 4.92. The van der Waals surface area contributed by atoms with Crippen LogP contribution in [0.5, 0.6) is 11.5 Å². The van der Waals surface area contributed by atoms with E-state index in [1.165, 1.54) is 0 Å². The van der Waals surface area contributed by atoms with Crippen LogP contribution in [0, 0.1) is 6.92 Å². The number of aryl methyl sites for hydroxylation is 1. The average Bonchev–Trinajstić information content (AvgIpc) is 3.30. The molecule has 4 aromatic rings. The summed E-state index contributed by atoms with van der Waals surface area (Å²) in [5, 5.41) is 4.74. The van der Waals surface area contributed by atoms with E-state index in [4.69, 9.17) is 18.3 Å². The Morgan fingerprint density at radius 3 is 2.76 bits per heavy atom. The fraction of sp³-hybridized carbons (Fsp3) is 0.261. The van der Waals surface area contributed by atoms with Crippen LogP contribution in [0.2, 0.25) is 0 Å². The van der Waals surface area contributed by atoms with Gasteiger partial charge in [0, 0.05) is 16.3 Å². The second-order valence-electron chi connectivity index (χ2n) is 6.87. The summed E-state index contributed by atoms with van der Waals surface area (Å²) < 4.78 is 22.7. The molecule has 1 unspecified atom stereocenters. The van der Waals surface area contributed by atoms with E-state index in [0.29, 0.717) is 35.0 Å². The van der Waals surface area contributed by atoms with Crippen LogP contribution >= 0.6 is 0 Å². The third-order valence-electron chi connectivity index (χ3n) is 4.95. The minimum absolute atomic E-state index is 0.284. The molecule has 0 aliphatic heterocycles. The molecule has 2 heterocycles. The topological polar surface area (TPSA) is 73.8 Å². The summed E-state index contributed by atoms with van der Waals surface area (Å²) in [5.41, 5.74) is 2.09. The fourth-order valence-electron chi connectivity index (χ4n) is 3.42. The predicted molar refractivity (Wildman–Crippen MR) is 111 cm³/mol. The van der Waals surface area contributed by atoms with Crippen molar-refractivity contribution in [1.29, 1.82) is 0 Å². The number of furan rings is 2. The number of methoxy groups -OCH3 is 1. The third-order valence-corrected chi connectivity index (χ3v) is 4.95. The van der Waals surface area contributed by atoms with Gasteiger partial charge in [-0.25, -0.2) is 0 Å². The van der Waals surface area contributed by atoms with Gasteiger partial charge in [0.15, 0.2) is 17.1 Å². The second-order valence-corrected chi connectivity index (χ2v) is 6.87. The van der Waals surface area contributed by atoms with Gasteiger partial charge < -0.3 is 23.6 Å². The number of ether oxygens (including phenoxy) is 2.